The van der Waals surface area contributed by atoms with Crippen LogP contribution in [-0.4, -0.2) is 23.5 Å². The van der Waals surface area contributed by atoms with Crippen molar-refractivity contribution in [3.63, 3.8) is 0 Å². The van der Waals surface area contributed by atoms with Gasteiger partial charge in [-0.2, -0.15) is 0 Å². The Hall–Kier alpha value is -1.06. The van der Waals surface area contributed by atoms with E-state index in [0.29, 0.717) is 6.42 Å². The Labute approximate surface area is 84.0 Å². The monoisotopic (exact) mass is 199 g/mol. The van der Waals surface area contributed by atoms with E-state index in [1.54, 1.807) is 6.92 Å². The van der Waals surface area contributed by atoms with Gasteiger partial charge in [0.15, 0.2) is 0 Å². The summed E-state index contributed by atoms with van der Waals surface area (Å²) in [4.78, 5) is 22.7. The Kier molecular flexibility index (Phi) is 2.83. The highest BCUT2D eigenvalue weighted by Crippen LogP contribution is 2.18. The first kappa shape index (κ1) is 11.0. The number of amides is 1. The minimum Gasteiger partial charge on any atom is -0.458 e. The van der Waals surface area contributed by atoms with Crippen LogP contribution in [0, 0.1) is 5.92 Å². The third-order valence-electron chi connectivity index (χ3n) is 2.04. The average Bonchev–Trinajstić information content (AvgIpc) is 2.28. The standard InChI is InChI=1S/C10H17NO3/c1-6-5-7(11-8(6)12)9(13)14-10(2,3)4/h6-7H,5H2,1-4H3,(H,11,12)/t6-,7-/m0/s1. The zero-order valence-electron chi connectivity index (χ0n) is 9.09. The molecule has 1 aliphatic heterocycles. The highest BCUT2D eigenvalue weighted by Gasteiger charge is 2.35. The zero-order valence-corrected chi connectivity index (χ0v) is 9.09. The lowest BCUT2D eigenvalue weighted by Gasteiger charge is -2.21. The number of ether oxygens (including phenoxy) is 1. The molecule has 0 saturated carbocycles. The number of esters is 1. The lowest BCUT2D eigenvalue weighted by Crippen LogP contribution is -2.38. The first-order valence-electron chi connectivity index (χ1n) is 4.83. The Morgan fingerprint density at radius 3 is 2.43 bits per heavy atom. The van der Waals surface area contributed by atoms with Gasteiger partial charge >= 0.3 is 5.97 Å². The van der Waals surface area contributed by atoms with Gasteiger partial charge in [0.1, 0.15) is 11.6 Å². The van der Waals surface area contributed by atoms with Gasteiger partial charge in [0.05, 0.1) is 0 Å². The number of carbonyl (C=O) groups is 2. The van der Waals surface area contributed by atoms with E-state index in [4.69, 9.17) is 4.74 Å². The van der Waals surface area contributed by atoms with Crippen molar-refractivity contribution in [2.45, 2.75) is 45.8 Å². The maximum absolute atomic E-state index is 11.5. The Morgan fingerprint density at radius 1 is 1.50 bits per heavy atom. The largest absolute Gasteiger partial charge is 0.458 e. The fourth-order valence-electron chi connectivity index (χ4n) is 1.36. The summed E-state index contributed by atoms with van der Waals surface area (Å²) in [7, 11) is 0. The second-order valence-corrected chi connectivity index (χ2v) is 4.73. The predicted octanol–water partition coefficient (Wildman–Crippen LogP) is 0.853. The summed E-state index contributed by atoms with van der Waals surface area (Å²) in [5, 5.41) is 2.61. The zero-order chi connectivity index (χ0) is 10.9. The van der Waals surface area contributed by atoms with Crippen LogP contribution >= 0.6 is 0 Å². The van der Waals surface area contributed by atoms with Crippen molar-refractivity contribution in [3.8, 4) is 0 Å². The number of nitrogens with one attached hydrogen (secondary N) is 1. The molecule has 1 rings (SSSR count). The molecule has 2 atom stereocenters. The van der Waals surface area contributed by atoms with Crippen LogP contribution in [0.3, 0.4) is 0 Å². The van der Waals surface area contributed by atoms with E-state index in [2.05, 4.69) is 5.32 Å². The fourth-order valence-corrected chi connectivity index (χ4v) is 1.36. The lowest BCUT2D eigenvalue weighted by molar-refractivity contribution is -0.157. The molecule has 1 N–H and O–H groups in total. The normalized spacial score (nSPS) is 27.3. The molecule has 1 aliphatic rings. The van der Waals surface area contributed by atoms with Crippen LogP contribution in [0.25, 0.3) is 0 Å². The SMILES string of the molecule is C[C@H]1C[C@@H](C(=O)OC(C)(C)C)NC1=O. The summed E-state index contributed by atoms with van der Waals surface area (Å²) in [5.74, 6) is -0.497. The minimum absolute atomic E-state index is 0.0686. The molecule has 1 heterocycles. The van der Waals surface area contributed by atoms with Crippen molar-refractivity contribution in [2.24, 2.45) is 5.92 Å². The van der Waals surface area contributed by atoms with E-state index in [1.165, 1.54) is 0 Å². The van der Waals surface area contributed by atoms with E-state index < -0.39 is 11.6 Å². The first-order valence-corrected chi connectivity index (χ1v) is 4.83. The van der Waals surface area contributed by atoms with Gasteiger partial charge in [0.2, 0.25) is 5.91 Å². The molecule has 0 unspecified atom stereocenters. The number of hydrogen-bond acceptors (Lipinski definition) is 3. The second-order valence-electron chi connectivity index (χ2n) is 4.73. The molecule has 0 aromatic heterocycles. The molecule has 1 saturated heterocycles. The van der Waals surface area contributed by atoms with Gasteiger partial charge in [0, 0.05) is 5.92 Å². The summed E-state index contributed by atoms with van der Waals surface area (Å²) in [6.45, 7) is 7.24. The Morgan fingerprint density at radius 2 is 2.07 bits per heavy atom. The molecule has 80 valence electrons. The summed E-state index contributed by atoms with van der Waals surface area (Å²) < 4.78 is 5.16. The van der Waals surface area contributed by atoms with Crippen LogP contribution in [-0.2, 0) is 14.3 Å². The summed E-state index contributed by atoms with van der Waals surface area (Å²) in [5.41, 5.74) is -0.492. The molecule has 4 heteroatoms. The highest BCUT2D eigenvalue weighted by atomic mass is 16.6. The van der Waals surface area contributed by atoms with Crippen LogP contribution in [0.2, 0.25) is 0 Å². The Balaban J connectivity index is 2.52. The topological polar surface area (TPSA) is 55.4 Å². The number of carbonyl (C=O) groups excluding carboxylic acids is 2. The third kappa shape index (κ3) is 2.72. The van der Waals surface area contributed by atoms with Crippen molar-refractivity contribution in [2.75, 3.05) is 0 Å². The average molecular weight is 199 g/mol. The van der Waals surface area contributed by atoms with Crippen molar-refractivity contribution in [3.05, 3.63) is 0 Å². The molecular formula is C10H17NO3. The van der Waals surface area contributed by atoms with Gasteiger partial charge in [-0.25, -0.2) is 4.79 Å². The predicted molar refractivity (Wildman–Crippen MR) is 51.6 cm³/mol. The first-order chi connectivity index (χ1) is 6.29. The number of rotatable bonds is 1. The molecule has 4 nitrogen and oxygen atoms in total. The second kappa shape index (κ2) is 3.59. The maximum Gasteiger partial charge on any atom is 0.329 e. The van der Waals surface area contributed by atoms with E-state index >= 15 is 0 Å². The van der Waals surface area contributed by atoms with Crippen molar-refractivity contribution >= 4 is 11.9 Å². The lowest BCUT2D eigenvalue weighted by atomic mass is 10.1. The van der Waals surface area contributed by atoms with Crippen molar-refractivity contribution in [1.29, 1.82) is 0 Å². The summed E-state index contributed by atoms with van der Waals surface area (Å²) in [6.07, 6.45) is 0.535. The van der Waals surface area contributed by atoms with E-state index in [1.807, 2.05) is 20.8 Å². The molecule has 0 aromatic rings. The fraction of sp³-hybridized carbons (Fsp3) is 0.800. The molecule has 1 fully saturated rings. The van der Waals surface area contributed by atoms with Gasteiger partial charge in [-0.05, 0) is 27.2 Å². The molecule has 0 aromatic carbocycles. The quantitative estimate of drug-likeness (QED) is 0.637. The van der Waals surface area contributed by atoms with Gasteiger partial charge in [-0.15, -0.1) is 0 Å². The Bertz CT molecular complexity index is 255. The van der Waals surface area contributed by atoms with Gasteiger partial charge in [-0.3, -0.25) is 4.79 Å². The maximum atomic E-state index is 11.5. The summed E-state index contributed by atoms with van der Waals surface area (Å²) >= 11 is 0. The van der Waals surface area contributed by atoms with Crippen LogP contribution in [0.1, 0.15) is 34.1 Å². The van der Waals surface area contributed by atoms with Crippen molar-refractivity contribution < 1.29 is 14.3 Å². The smallest absolute Gasteiger partial charge is 0.329 e. The van der Waals surface area contributed by atoms with Crippen LogP contribution in [0.4, 0.5) is 0 Å². The summed E-state index contributed by atoms with van der Waals surface area (Å²) in [6, 6.07) is -0.461. The molecule has 0 aliphatic carbocycles. The van der Waals surface area contributed by atoms with Gasteiger partial charge in [0.25, 0.3) is 0 Å². The van der Waals surface area contributed by atoms with Gasteiger partial charge in [-0.1, -0.05) is 6.92 Å². The molecule has 1 amide bonds. The van der Waals surface area contributed by atoms with Gasteiger partial charge < -0.3 is 10.1 Å². The molecule has 0 spiro atoms. The van der Waals surface area contributed by atoms with E-state index in [0.717, 1.165) is 0 Å². The molecule has 0 radical (unpaired) electrons. The molecule has 0 bridgehead atoms. The number of hydrogen-bond donors (Lipinski definition) is 1. The van der Waals surface area contributed by atoms with E-state index in [-0.39, 0.29) is 17.8 Å². The van der Waals surface area contributed by atoms with Crippen LogP contribution < -0.4 is 5.32 Å². The van der Waals surface area contributed by atoms with Crippen molar-refractivity contribution in [1.82, 2.24) is 5.32 Å². The molecule has 14 heavy (non-hydrogen) atoms. The third-order valence-corrected chi connectivity index (χ3v) is 2.04. The van der Waals surface area contributed by atoms with Crippen LogP contribution in [0.5, 0.6) is 0 Å². The minimum atomic E-state index is -0.492. The highest BCUT2D eigenvalue weighted by molar-refractivity contribution is 5.89. The van der Waals surface area contributed by atoms with Crippen LogP contribution in [0.15, 0.2) is 0 Å². The van der Waals surface area contributed by atoms with E-state index in [9.17, 15) is 9.59 Å². The molecular weight excluding hydrogens is 182 g/mol.